The predicted molar refractivity (Wildman–Crippen MR) is 71.7 cm³/mol. The Hall–Kier alpha value is -2.11. The first-order valence-electron chi connectivity index (χ1n) is 6.66. The highest BCUT2D eigenvalue weighted by Gasteiger charge is 2.18. The molecule has 6 nitrogen and oxygen atoms in total. The Bertz CT molecular complexity index is 480. The third-order valence-corrected chi connectivity index (χ3v) is 3.29. The molecule has 0 spiro atoms. The summed E-state index contributed by atoms with van der Waals surface area (Å²) in [5.41, 5.74) is 0.354. The molecule has 0 atom stereocenters. The van der Waals surface area contributed by atoms with Crippen molar-refractivity contribution in [2.24, 2.45) is 0 Å². The van der Waals surface area contributed by atoms with Crippen LogP contribution in [0.1, 0.15) is 36.0 Å². The van der Waals surface area contributed by atoms with Crippen LogP contribution in [-0.2, 0) is 4.79 Å². The van der Waals surface area contributed by atoms with Crippen LogP contribution in [0, 0.1) is 0 Å². The number of likely N-dealkylation sites (N-methyl/N-ethyl adjacent to an activating group) is 1. The van der Waals surface area contributed by atoms with Gasteiger partial charge in [-0.3, -0.25) is 9.59 Å². The quantitative estimate of drug-likeness (QED) is 0.884. The number of ether oxygens (including phenoxy) is 1. The molecule has 0 bridgehead atoms. The highest BCUT2D eigenvalue weighted by atomic mass is 16.5. The van der Waals surface area contributed by atoms with Gasteiger partial charge in [-0.15, -0.1) is 0 Å². The topological polar surface area (TPSA) is 79.7 Å². The Kier molecular flexibility index (Phi) is 4.55. The second-order valence-corrected chi connectivity index (χ2v) is 4.96. The van der Waals surface area contributed by atoms with Gasteiger partial charge in [-0.1, -0.05) is 0 Å². The number of aromatic nitrogens is 1. The SMILES string of the molecule is CN(CC(=O)O)C(=O)c1ccc(OC2CCCC2)nc1. The Morgan fingerprint density at radius 1 is 1.40 bits per heavy atom. The van der Waals surface area contributed by atoms with Gasteiger partial charge in [0.05, 0.1) is 5.56 Å². The van der Waals surface area contributed by atoms with E-state index in [-0.39, 0.29) is 18.6 Å². The van der Waals surface area contributed by atoms with E-state index in [1.807, 2.05) is 0 Å². The van der Waals surface area contributed by atoms with Crippen molar-refractivity contribution >= 4 is 11.9 Å². The van der Waals surface area contributed by atoms with Crippen LogP contribution in [-0.4, -0.2) is 46.6 Å². The molecule has 1 amide bonds. The zero-order valence-electron chi connectivity index (χ0n) is 11.4. The van der Waals surface area contributed by atoms with Crippen molar-refractivity contribution in [1.29, 1.82) is 0 Å². The lowest BCUT2D eigenvalue weighted by atomic mass is 10.2. The highest BCUT2D eigenvalue weighted by molar-refractivity contribution is 5.95. The van der Waals surface area contributed by atoms with Crippen molar-refractivity contribution in [1.82, 2.24) is 9.88 Å². The molecule has 1 heterocycles. The molecule has 108 valence electrons. The Morgan fingerprint density at radius 2 is 2.10 bits per heavy atom. The zero-order valence-corrected chi connectivity index (χ0v) is 11.4. The van der Waals surface area contributed by atoms with Crippen LogP contribution in [0.3, 0.4) is 0 Å². The minimum absolute atomic E-state index is 0.221. The van der Waals surface area contributed by atoms with Crippen molar-refractivity contribution < 1.29 is 19.4 Å². The molecule has 0 aromatic carbocycles. The first kappa shape index (κ1) is 14.3. The number of carbonyl (C=O) groups is 2. The minimum Gasteiger partial charge on any atom is -0.480 e. The van der Waals surface area contributed by atoms with Gasteiger partial charge in [0, 0.05) is 19.3 Å². The number of carboxylic acids is 1. The van der Waals surface area contributed by atoms with Gasteiger partial charge in [0.25, 0.3) is 5.91 Å². The molecule has 0 unspecified atom stereocenters. The lowest BCUT2D eigenvalue weighted by molar-refractivity contribution is -0.137. The summed E-state index contributed by atoms with van der Waals surface area (Å²) in [4.78, 5) is 27.7. The van der Waals surface area contributed by atoms with E-state index in [9.17, 15) is 9.59 Å². The first-order chi connectivity index (χ1) is 9.56. The fraction of sp³-hybridized carbons (Fsp3) is 0.500. The van der Waals surface area contributed by atoms with Gasteiger partial charge >= 0.3 is 5.97 Å². The molecule has 1 aromatic rings. The maximum atomic E-state index is 11.9. The largest absolute Gasteiger partial charge is 0.480 e. The summed E-state index contributed by atoms with van der Waals surface area (Å²) in [6.45, 7) is -0.334. The molecule has 1 saturated carbocycles. The van der Waals surface area contributed by atoms with Crippen molar-refractivity contribution in [2.45, 2.75) is 31.8 Å². The Morgan fingerprint density at radius 3 is 2.65 bits per heavy atom. The van der Waals surface area contributed by atoms with Crippen LogP contribution in [0.5, 0.6) is 5.88 Å². The molecule has 0 saturated heterocycles. The summed E-state index contributed by atoms with van der Waals surface area (Å²) in [5, 5.41) is 8.65. The number of rotatable bonds is 5. The first-order valence-corrected chi connectivity index (χ1v) is 6.66. The average Bonchev–Trinajstić information content (AvgIpc) is 2.91. The minimum atomic E-state index is -1.05. The molecule has 0 aliphatic heterocycles. The number of amides is 1. The van der Waals surface area contributed by atoms with Gasteiger partial charge in [0.15, 0.2) is 0 Å². The smallest absolute Gasteiger partial charge is 0.323 e. The zero-order chi connectivity index (χ0) is 14.5. The van der Waals surface area contributed by atoms with E-state index < -0.39 is 5.97 Å². The number of hydrogen-bond donors (Lipinski definition) is 1. The van der Waals surface area contributed by atoms with Gasteiger partial charge in [0.2, 0.25) is 5.88 Å². The predicted octanol–water partition coefficient (Wildman–Crippen LogP) is 1.56. The van der Waals surface area contributed by atoms with Crippen LogP contribution in [0.25, 0.3) is 0 Å². The summed E-state index contributed by atoms with van der Waals surface area (Å²) in [5.74, 6) is -0.906. The molecule has 2 rings (SSSR count). The standard InChI is InChI=1S/C14H18N2O4/c1-16(9-13(17)18)14(19)10-6-7-12(15-8-10)20-11-4-2-3-5-11/h6-8,11H,2-5,9H2,1H3,(H,17,18). The molecule has 1 aliphatic carbocycles. The molecule has 1 fully saturated rings. The number of nitrogens with zero attached hydrogens (tertiary/aromatic N) is 2. The van der Waals surface area contributed by atoms with Gasteiger partial charge in [0.1, 0.15) is 12.6 Å². The third kappa shape index (κ3) is 3.69. The highest BCUT2D eigenvalue weighted by Crippen LogP contribution is 2.22. The summed E-state index contributed by atoms with van der Waals surface area (Å²) < 4.78 is 5.70. The molecular weight excluding hydrogens is 260 g/mol. The number of pyridine rings is 1. The maximum absolute atomic E-state index is 11.9. The lowest BCUT2D eigenvalue weighted by Gasteiger charge is -2.15. The van der Waals surface area contributed by atoms with E-state index >= 15 is 0 Å². The fourth-order valence-corrected chi connectivity index (χ4v) is 2.25. The second-order valence-electron chi connectivity index (χ2n) is 4.96. The van der Waals surface area contributed by atoms with Gasteiger partial charge in [-0.05, 0) is 31.7 Å². The number of carbonyl (C=O) groups excluding carboxylic acids is 1. The van der Waals surface area contributed by atoms with Crippen molar-refractivity contribution in [3.05, 3.63) is 23.9 Å². The molecule has 1 aliphatic rings. The van der Waals surface area contributed by atoms with E-state index in [1.54, 1.807) is 12.1 Å². The molecule has 20 heavy (non-hydrogen) atoms. The molecule has 1 N–H and O–H groups in total. The number of carboxylic acid groups (broad SMARTS) is 1. The van der Waals surface area contributed by atoms with Crippen LogP contribution in [0.15, 0.2) is 18.3 Å². The molecular formula is C14H18N2O4. The van der Waals surface area contributed by atoms with E-state index in [4.69, 9.17) is 9.84 Å². The van der Waals surface area contributed by atoms with Crippen LogP contribution >= 0.6 is 0 Å². The molecule has 6 heteroatoms. The van der Waals surface area contributed by atoms with Gasteiger partial charge in [-0.25, -0.2) is 4.98 Å². The summed E-state index contributed by atoms with van der Waals surface area (Å²) in [6.07, 6.45) is 6.10. The summed E-state index contributed by atoms with van der Waals surface area (Å²) >= 11 is 0. The lowest BCUT2D eigenvalue weighted by Crippen LogP contribution is -2.31. The number of aliphatic carboxylic acids is 1. The van der Waals surface area contributed by atoms with Gasteiger partial charge in [-0.2, -0.15) is 0 Å². The van der Waals surface area contributed by atoms with Crippen molar-refractivity contribution in [3.8, 4) is 5.88 Å². The summed E-state index contributed by atoms with van der Waals surface area (Å²) in [6, 6.07) is 3.26. The monoisotopic (exact) mass is 278 g/mol. The molecule has 0 radical (unpaired) electrons. The second kappa shape index (κ2) is 6.36. The maximum Gasteiger partial charge on any atom is 0.323 e. The van der Waals surface area contributed by atoms with E-state index in [2.05, 4.69) is 4.98 Å². The van der Waals surface area contributed by atoms with Crippen molar-refractivity contribution in [2.75, 3.05) is 13.6 Å². The summed E-state index contributed by atoms with van der Waals surface area (Å²) in [7, 11) is 1.44. The third-order valence-electron chi connectivity index (χ3n) is 3.29. The molecule has 1 aromatic heterocycles. The van der Waals surface area contributed by atoms with Crippen LogP contribution < -0.4 is 4.74 Å². The number of hydrogen-bond acceptors (Lipinski definition) is 4. The van der Waals surface area contributed by atoms with E-state index in [1.165, 1.54) is 26.1 Å². The van der Waals surface area contributed by atoms with Crippen molar-refractivity contribution in [3.63, 3.8) is 0 Å². The van der Waals surface area contributed by atoms with Crippen LogP contribution in [0.4, 0.5) is 0 Å². The van der Waals surface area contributed by atoms with E-state index in [0.717, 1.165) is 17.7 Å². The fourth-order valence-electron chi connectivity index (χ4n) is 2.25. The average molecular weight is 278 g/mol. The van der Waals surface area contributed by atoms with Gasteiger partial charge < -0.3 is 14.7 Å². The Labute approximate surface area is 117 Å². The van der Waals surface area contributed by atoms with E-state index in [0.29, 0.717) is 11.4 Å². The normalized spacial score (nSPS) is 15.1. The van der Waals surface area contributed by atoms with Crippen LogP contribution in [0.2, 0.25) is 0 Å². The Balaban J connectivity index is 1.96.